The number of hydrogen-bond donors (Lipinski definition) is 0. The summed E-state index contributed by atoms with van der Waals surface area (Å²) in [5.41, 5.74) is 3.17. The molecule has 0 radical (unpaired) electrons. The smallest absolute Gasteiger partial charge is 0.138 e. The second-order valence-electron chi connectivity index (χ2n) is 6.14. The molecule has 124 valence electrons. The molecular weight excluding hydrogens is 336 g/mol. The van der Waals surface area contributed by atoms with Gasteiger partial charge in [-0.2, -0.15) is 0 Å². The Morgan fingerprint density at radius 3 is 2.38 bits per heavy atom. The van der Waals surface area contributed by atoms with Crippen LogP contribution in [0.25, 0.3) is 27.7 Å². The molecule has 0 fully saturated rings. The van der Waals surface area contributed by atoms with Crippen LogP contribution in [0.4, 0.5) is 0 Å². The van der Waals surface area contributed by atoms with Gasteiger partial charge in [0.1, 0.15) is 16.4 Å². The lowest BCUT2D eigenvalue weighted by Gasteiger charge is -2.08. The van der Waals surface area contributed by atoms with Gasteiger partial charge in [0.2, 0.25) is 0 Å². The number of nitrogens with zero attached hydrogens (tertiary/aromatic N) is 2. The van der Waals surface area contributed by atoms with Crippen molar-refractivity contribution in [2.75, 3.05) is 0 Å². The molecule has 2 nitrogen and oxygen atoms in total. The molecule has 3 heteroatoms. The molecule has 2 aromatic heterocycles. The molecule has 0 atom stereocenters. The number of benzene rings is 3. The molecule has 26 heavy (non-hydrogen) atoms. The summed E-state index contributed by atoms with van der Waals surface area (Å²) < 4.78 is 2.18. The predicted molar refractivity (Wildman–Crippen MR) is 109 cm³/mol. The maximum atomic E-state index is 4.97. The topological polar surface area (TPSA) is 17.3 Å². The molecule has 5 rings (SSSR count). The van der Waals surface area contributed by atoms with E-state index < -0.39 is 0 Å². The Balaban J connectivity index is 1.78. The highest BCUT2D eigenvalue weighted by Crippen LogP contribution is 2.38. The predicted octanol–water partition coefficient (Wildman–Crippen LogP) is 6.31. The van der Waals surface area contributed by atoms with Gasteiger partial charge in [-0.05, 0) is 35.0 Å². The number of pyridine rings is 1. The van der Waals surface area contributed by atoms with Gasteiger partial charge in [0.05, 0.1) is 0 Å². The summed E-state index contributed by atoms with van der Waals surface area (Å²) in [5, 5.41) is 3.61. The van der Waals surface area contributed by atoms with Crippen molar-refractivity contribution in [2.45, 2.75) is 9.92 Å². The molecule has 0 amide bonds. The first-order chi connectivity index (χ1) is 12.9. The highest BCUT2D eigenvalue weighted by atomic mass is 32.2. The SMILES string of the molecule is c1ccc(Sc2c(-c3cccc4ccccc34)nc3ccccn23)cc1. The molecule has 3 aromatic carbocycles. The van der Waals surface area contributed by atoms with Crippen molar-refractivity contribution in [3.8, 4) is 11.3 Å². The van der Waals surface area contributed by atoms with Crippen LogP contribution >= 0.6 is 11.8 Å². The highest BCUT2D eigenvalue weighted by molar-refractivity contribution is 7.99. The van der Waals surface area contributed by atoms with Gasteiger partial charge in [-0.25, -0.2) is 4.98 Å². The van der Waals surface area contributed by atoms with Gasteiger partial charge in [-0.3, -0.25) is 4.40 Å². The van der Waals surface area contributed by atoms with Gasteiger partial charge in [0.25, 0.3) is 0 Å². The van der Waals surface area contributed by atoms with Crippen molar-refractivity contribution in [3.63, 3.8) is 0 Å². The maximum Gasteiger partial charge on any atom is 0.138 e. The van der Waals surface area contributed by atoms with Crippen molar-refractivity contribution in [3.05, 3.63) is 97.2 Å². The zero-order chi connectivity index (χ0) is 17.3. The Morgan fingerprint density at radius 1 is 0.692 bits per heavy atom. The minimum absolute atomic E-state index is 0.967. The summed E-state index contributed by atoms with van der Waals surface area (Å²) in [6.07, 6.45) is 2.09. The Labute approximate surface area is 156 Å². The van der Waals surface area contributed by atoms with Crippen molar-refractivity contribution in [1.29, 1.82) is 0 Å². The second-order valence-corrected chi connectivity index (χ2v) is 7.20. The normalized spacial score (nSPS) is 11.2. The average molecular weight is 352 g/mol. The summed E-state index contributed by atoms with van der Waals surface area (Å²) >= 11 is 1.75. The third-order valence-electron chi connectivity index (χ3n) is 4.49. The van der Waals surface area contributed by atoms with Gasteiger partial charge >= 0.3 is 0 Å². The number of fused-ring (bicyclic) bond motifs is 2. The summed E-state index contributed by atoms with van der Waals surface area (Å²) in [4.78, 5) is 6.18. The summed E-state index contributed by atoms with van der Waals surface area (Å²) in [6, 6.07) is 31.5. The van der Waals surface area contributed by atoms with Crippen LogP contribution in [0.1, 0.15) is 0 Å². The average Bonchev–Trinajstić information content (AvgIpc) is 3.07. The van der Waals surface area contributed by atoms with Gasteiger partial charge in [-0.15, -0.1) is 0 Å². The van der Waals surface area contributed by atoms with E-state index in [4.69, 9.17) is 4.98 Å². The van der Waals surface area contributed by atoms with Crippen molar-refractivity contribution in [2.24, 2.45) is 0 Å². The summed E-state index contributed by atoms with van der Waals surface area (Å²) in [6.45, 7) is 0. The zero-order valence-corrected chi connectivity index (χ0v) is 14.9. The first kappa shape index (κ1) is 15.2. The van der Waals surface area contributed by atoms with E-state index >= 15 is 0 Å². The third-order valence-corrected chi connectivity index (χ3v) is 5.58. The fourth-order valence-electron chi connectivity index (χ4n) is 3.28. The molecule has 0 saturated heterocycles. The molecular formula is C23H16N2S. The van der Waals surface area contributed by atoms with Crippen LogP contribution < -0.4 is 0 Å². The Bertz CT molecular complexity index is 1200. The highest BCUT2D eigenvalue weighted by Gasteiger charge is 2.17. The van der Waals surface area contributed by atoms with E-state index in [9.17, 15) is 0 Å². The summed E-state index contributed by atoms with van der Waals surface area (Å²) in [5.74, 6) is 0. The van der Waals surface area contributed by atoms with Crippen LogP contribution in [-0.2, 0) is 0 Å². The first-order valence-electron chi connectivity index (χ1n) is 8.58. The van der Waals surface area contributed by atoms with E-state index in [1.54, 1.807) is 11.8 Å². The first-order valence-corrected chi connectivity index (χ1v) is 9.40. The molecule has 0 aliphatic heterocycles. The van der Waals surface area contributed by atoms with Gasteiger partial charge in [-0.1, -0.05) is 78.5 Å². The molecule has 0 spiro atoms. The Kier molecular flexibility index (Phi) is 3.72. The molecule has 5 aromatic rings. The fraction of sp³-hybridized carbons (Fsp3) is 0. The van der Waals surface area contributed by atoms with Crippen LogP contribution in [0.15, 0.2) is 107 Å². The molecule has 0 unspecified atom stereocenters. The monoisotopic (exact) mass is 352 g/mol. The number of aromatic nitrogens is 2. The van der Waals surface area contributed by atoms with Crippen molar-refractivity contribution in [1.82, 2.24) is 9.38 Å². The van der Waals surface area contributed by atoms with Gasteiger partial charge in [0, 0.05) is 16.7 Å². The Hall–Kier alpha value is -3.04. The molecule has 0 aliphatic rings. The standard InChI is InChI=1S/C23H16N2S/c1-2-11-18(12-3-1)26-23-22(24-21-15-6-7-16-25(21)23)20-14-8-10-17-9-4-5-13-19(17)20/h1-16H. The van der Waals surface area contributed by atoms with E-state index in [1.165, 1.54) is 21.2 Å². The van der Waals surface area contributed by atoms with Crippen LogP contribution in [0, 0.1) is 0 Å². The molecule has 0 aliphatic carbocycles. The van der Waals surface area contributed by atoms with Crippen molar-refractivity contribution < 1.29 is 0 Å². The van der Waals surface area contributed by atoms with E-state index in [-0.39, 0.29) is 0 Å². The quantitative estimate of drug-likeness (QED) is 0.379. The van der Waals surface area contributed by atoms with Crippen LogP contribution in [0.2, 0.25) is 0 Å². The molecule has 2 heterocycles. The van der Waals surface area contributed by atoms with E-state index in [0.717, 1.165) is 16.4 Å². The van der Waals surface area contributed by atoms with Crippen molar-refractivity contribution >= 4 is 28.2 Å². The molecule has 0 N–H and O–H groups in total. The minimum atomic E-state index is 0.967. The van der Waals surface area contributed by atoms with Gasteiger partial charge < -0.3 is 0 Å². The lowest BCUT2D eigenvalue weighted by molar-refractivity contribution is 1.05. The molecule has 0 bridgehead atoms. The van der Waals surface area contributed by atoms with Gasteiger partial charge in [0.15, 0.2) is 0 Å². The number of imidazole rings is 1. The van der Waals surface area contributed by atoms with E-state index in [2.05, 4.69) is 89.5 Å². The van der Waals surface area contributed by atoms with E-state index in [0.29, 0.717) is 0 Å². The lowest BCUT2D eigenvalue weighted by Crippen LogP contribution is -1.87. The van der Waals surface area contributed by atoms with Crippen LogP contribution in [0.5, 0.6) is 0 Å². The number of rotatable bonds is 3. The second kappa shape index (κ2) is 6.36. The van der Waals surface area contributed by atoms with Crippen LogP contribution in [-0.4, -0.2) is 9.38 Å². The van der Waals surface area contributed by atoms with E-state index in [1.807, 2.05) is 12.1 Å². The Morgan fingerprint density at radius 2 is 1.46 bits per heavy atom. The van der Waals surface area contributed by atoms with Crippen LogP contribution in [0.3, 0.4) is 0 Å². The number of hydrogen-bond acceptors (Lipinski definition) is 2. The maximum absolute atomic E-state index is 4.97. The largest absolute Gasteiger partial charge is 0.294 e. The molecule has 0 saturated carbocycles. The zero-order valence-electron chi connectivity index (χ0n) is 14.0. The lowest BCUT2D eigenvalue weighted by atomic mass is 10.0. The summed E-state index contributed by atoms with van der Waals surface area (Å²) in [7, 11) is 0. The third kappa shape index (κ3) is 2.57. The fourth-order valence-corrected chi connectivity index (χ4v) is 4.30. The minimum Gasteiger partial charge on any atom is -0.294 e.